The van der Waals surface area contributed by atoms with E-state index >= 15 is 0 Å². The fourth-order valence-corrected chi connectivity index (χ4v) is 2.14. The Morgan fingerprint density at radius 3 is 1.75 bits per heavy atom. The molecule has 0 fully saturated rings. The van der Waals surface area contributed by atoms with Crippen molar-refractivity contribution in [3.8, 4) is 11.1 Å². The maximum Gasteiger partial charge on any atom is 0.416 e. The quantitative estimate of drug-likeness (QED) is 0.600. The molecule has 5 heteroatoms. The highest BCUT2D eigenvalue weighted by Gasteiger charge is 2.29. The van der Waals surface area contributed by atoms with Crippen molar-refractivity contribution in [1.82, 2.24) is 0 Å². The molecule has 1 nitrogen and oxygen atoms in total. The van der Waals surface area contributed by atoms with Gasteiger partial charge in [-0.1, -0.05) is 36.4 Å². The van der Waals surface area contributed by atoms with Gasteiger partial charge in [0.15, 0.2) is 0 Å². The molecule has 0 radical (unpaired) electrons. The summed E-state index contributed by atoms with van der Waals surface area (Å²) in [6.45, 7) is 1.93. The van der Waals surface area contributed by atoms with E-state index in [1.807, 2.05) is 54.2 Å². The van der Waals surface area contributed by atoms with Crippen molar-refractivity contribution < 1.29 is 16.2 Å². The van der Waals surface area contributed by atoms with Gasteiger partial charge in [-0.2, -0.15) is 13.2 Å². The Labute approximate surface area is 129 Å². The molecule has 0 amide bonds. The lowest BCUT2D eigenvalue weighted by atomic mass is 10.0. The van der Waals surface area contributed by atoms with Gasteiger partial charge in [-0.15, -0.1) is 0 Å². The Kier molecular flexibility index (Phi) is 4.70. The van der Waals surface area contributed by atoms with Crippen LogP contribution in [0.2, 0.25) is 0 Å². The van der Waals surface area contributed by atoms with E-state index in [2.05, 4.69) is 0 Å². The molecule has 0 aromatic heterocycles. The van der Waals surface area contributed by atoms with E-state index in [4.69, 9.17) is 3.07 Å². The van der Waals surface area contributed by atoms with Crippen LogP contribution >= 0.6 is 23.0 Å². The Bertz CT molecular complexity index is 561. The molecule has 0 saturated carbocycles. The third-order valence-corrected chi connectivity index (χ3v) is 3.82. The molecule has 0 aliphatic carbocycles. The van der Waals surface area contributed by atoms with Gasteiger partial charge in [-0.25, -0.2) is 0 Å². The first-order chi connectivity index (χ1) is 9.41. The third kappa shape index (κ3) is 3.52. The number of alkyl halides is 3. The second-order valence-corrected chi connectivity index (χ2v) is 4.94. The first-order valence-corrected chi connectivity index (χ1v) is 6.85. The highest BCUT2D eigenvalue weighted by molar-refractivity contribution is 14.1. The van der Waals surface area contributed by atoms with Crippen LogP contribution in [0.1, 0.15) is 24.2 Å². The second-order valence-electron chi connectivity index (χ2n) is 4.43. The monoisotopic (exact) mass is 392 g/mol. The molecule has 0 aliphatic heterocycles. The molecular weight excluding hydrogens is 380 g/mol. The van der Waals surface area contributed by atoms with Gasteiger partial charge in [0.25, 0.3) is 0 Å². The number of hydrogen-bond donors (Lipinski definition) is 0. The fourth-order valence-electron chi connectivity index (χ4n) is 1.85. The highest BCUT2D eigenvalue weighted by Crippen LogP contribution is 2.31. The Morgan fingerprint density at radius 2 is 1.35 bits per heavy atom. The Balaban J connectivity index is 2.24. The molecule has 2 aromatic carbocycles. The molecule has 1 atom stereocenters. The number of hydrogen-bond acceptors (Lipinski definition) is 1. The summed E-state index contributed by atoms with van der Waals surface area (Å²) >= 11 is 1.84. The van der Waals surface area contributed by atoms with Gasteiger partial charge in [0.1, 0.15) is 23.0 Å². The van der Waals surface area contributed by atoms with Crippen LogP contribution in [0.5, 0.6) is 0 Å². The zero-order valence-corrected chi connectivity index (χ0v) is 12.8. The van der Waals surface area contributed by atoms with Gasteiger partial charge < -0.3 is 3.07 Å². The lowest BCUT2D eigenvalue weighted by molar-refractivity contribution is -0.137. The molecule has 2 rings (SSSR count). The smallest absolute Gasteiger partial charge is 0.308 e. The minimum atomic E-state index is -4.30. The lowest BCUT2D eigenvalue weighted by Gasteiger charge is -2.10. The number of rotatable bonds is 3. The lowest BCUT2D eigenvalue weighted by Crippen LogP contribution is -2.03. The summed E-state index contributed by atoms with van der Waals surface area (Å²) in [5.41, 5.74) is 2.02. The molecule has 0 N–H and O–H groups in total. The van der Waals surface area contributed by atoms with Crippen LogP contribution in [0, 0.1) is 0 Å². The average molecular weight is 392 g/mol. The SMILES string of the molecule is CC(OI)c1ccc(-c2ccc(C(F)(F)F)cc2)cc1. The normalized spacial score (nSPS) is 13.2. The van der Waals surface area contributed by atoms with E-state index in [0.29, 0.717) is 0 Å². The summed E-state index contributed by atoms with van der Waals surface area (Å²) in [6, 6.07) is 12.7. The maximum atomic E-state index is 12.5. The van der Waals surface area contributed by atoms with Crippen molar-refractivity contribution in [1.29, 1.82) is 0 Å². The summed E-state index contributed by atoms with van der Waals surface area (Å²) in [7, 11) is 0. The number of halogens is 4. The average Bonchev–Trinajstić information content (AvgIpc) is 2.46. The van der Waals surface area contributed by atoms with Crippen LogP contribution < -0.4 is 0 Å². The molecule has 0 heterocycles. The van der Waals surface area contributed by atoms with Crippen LogP contribution in [-0.2, 0) is 9.24 Å². The number of benzene rings is 2. The summed E-state index contributed by atoms with van der Waals surface area (Å²) < 4.78 is 42.6. The standard InChI is InChI=1S/C15H12F3IO/c1-10(20-19)11-2-4-12(5-3-11)13-6-8-14(9-7-13)15(16,17)18/h2-10H,1H3. The maximum absolute atomic E-state index is 12.5. The summed E-state index contributed by atoms with van der Waals surface area (Å²) in [4.78, 5) is 0. The van der Waals surface area contributed by atoms with E-state index in [-0.39, 0.29) is 6.10 Å². The van der Waals surface area contributed by atoms with Crippen molar-refractivity contribution in [2.45, 2.75) is 19.2 Å². The molecule has 20 heavy (non-hydrogen) atoms. The van der Waals surface area contributed by atoms with Crippen molar-refractivity contribution >= 4 is 23.0 Å². The Hall–Kier alpha value is -1.08. The molecule has 0 spiro atoms. The molecule has 0 saturated heterocycles. The van der Waals surface area contributed by atoms with Crippen molar-refractivity contribution in [3.05, 3.63) is 59.7 Å². The topological polar surface area (TPSA) is 9.23 Å². The van der Waals surface area contributed by atoms with Gasteiger partial charge in [0.05, 0.1) is 11.7 Å². The van der Waals surface area contributed by atoms with Gasteiger partial charge in [0.2, 0.25) is 0 Å². The Morgan fingerprint density at radius 1 is 0.900 bits per heavy atom. The largest absolute Gasteiger partial charge is 0.416 e. The summed E-state index contributed by atoms with van der Waals surface area (Å²) in [5.74, 6) is 0. The predicted octanol–water partition coefficient (Wildman–Crippen LogP) is 5.80. The zero-order chi connectivity index (χ0) is 14.8. The van der Waals surface area contributed by atoms with Crippen molar-refractivity contribution in [3.63, 3.8) is 0 Å². The minimum Gasteiger partial charge on any atom is -0.308 e. The van der Waals surface area contributed by atoms with Crippen LogP contribution in [0.4, 0.5) is 13.2 Å². The fraction of sp³-hybridized carbons (Fsp3) is 0.200. The summed E-state index contributed by atoms with van der Waals surface area (Å²) in [6.07, 6.45) is -4.31. The van der Waals surface area contributed by atoms with Crippen molar-refractivity contribution in [2.24, 2.45) is 0 Å². The molecule has 0 aliphatic rings. The highest BCUT2D eigenvalue weighted by atomic mass is 127. The van der Waals surface area contributed by atoms with Crippen LogP contribution in [0.25, 0.3) is 11.1 Å². The summed E-state index contributed by atoms with van der Waals surface area (Å²) in [5, 5.41) is 0. The molecule has 2 aromatic rings. The zero-order valence-electron chi connectivity index (χ0n) is 10.6. The molecular formula is C15H12F3IO. The van der Waals surface area contributed by atoms with Crippen molar-refractivity contribution in [2.75, 3.05) is 0 Å². The van der Waals surface area contributed by atoms with E-state index < -0.39 is 11.7 Å². The van der Waals surface area contributed by atoms with Gasteiger partial charge in [0, 0.05) is 0 Å². The van der Waals surface area contributed by atoms with Crippen LogP contribution in [0.15, 0.2) is 48.5 Å². The molecule has 0 bridgehead atoms. The first-order valence-electron chi connectivity index (χ1n) is 5.97. The van der Waals surface area contributed by atoms with Gasteiger partial charge in [-0.3, -0.25) is 0 Å². The van der Waals surface area contributed by atoms with Crippen LogP contribution in [0.3, 0.4) is 0 Å². The van der Waals surface area contributed by atoms with E-state index in [0.717, 1.165) is 28.8 Å². The second kappa shape index (κ2) is 6.13. The molecule has 106 valence electrons. The van der Waals surface area contributed by atoms with E-state index in [1.165, 1.54) is 12.1 Å². The van der Waals surface area contributed by atoms with Gasteiger partial charge in [-0.05, 0) is 35.7 Å². The van der Waals surface area contributed by atoms with E-state index in [9.17, 15) is 13.2 Å². The third-order valence-electron chi connectivity index (χ3n) is 3.06. The van der Waals surface area contributed by atoms with Gasteiger partial charge >= 0.3 is 6.18 Å². The minimum absolute atomic E-state index is 0.0164. The molecule has 1 unspecified atom stereocenters. The van der Waals surface area contributed by atoms with Crippen LogP contribution in [-0.4, -0.2) is 0 Å². The van der Waals surface area contributed by atoms with E-state index in [1.54, 1.807) is 0 Å². The first kappa shape index (κ1) is 15.3. The predicted molar refractivity (Wildman–Crippen MR) is 80.4 cm³/mol.